The Morgan fingerprint density at radius 1 is 1.03 bits per heavy atom. The molecule has 36 heavy (non-hydrogen) atoms. The Morgan fingerprint density at radius 2 is 1.75 bits per heavy atom. The summed E-state index contributed by atoms with van der Waals surface area (Å²) in [6, 6.07) is 25.3. The van der Waals surface area contributed by atoms with Gasteiger partial charge in [-0.3, -0.25) is 4.79 Å². The van der Waals surface area contributed by atoms with E-state index in [2.05, 4.69) is 51.6 Å². The van der Waals surface area contributed by atoms with Gasteiger partial charge < -0.3 is 10.2 Å². The van der Waals surface area contributed by atoms with Crippen molar-refractivity contribution in [1.82, 2.24) is 5.32 Å². The Hall–Kier alpha value is -3.17. The van der Waals surface area contributed by atoms with Crippen molar-refractivity contribution in [2.24, 2.45) is 10.2 Å². The minimum absolute atomic E-state index is 0.137. The first kappa shape index (κ1) is 25.9. The second kappa shape index (κ2) is 12.7. The van der Waals surface area contributed by atoms with Crippen LogP contribution in [0.4, 0.5) is 14.5 Å². The molecule has 0 radical (unpaired) electrons. The van der Waals surface area contributed by atoms with E-state index in [-0.39, 0.29) is 11.2 Å². The van der Waals surface area contributed by atoms with Crippen LogP contribution in [0.15, 0.2) is 94.0 Å². The predicted molar refractivity (Wildman–Crippen MR) is 146 cm³/mol. The SMILES string of the molecule is CCN(Cc1ccccc1)c1ccc(/C=N\N=C2\NC(=O)[C@@H](Cc3ccc(SC(F)F)cc3)S2)cc1. The third-order valence-electron chi connectivity index (χ3n) is 5.56. The van der Waals surface area contributed by atoms with Gasteiger partial charge in [-0.15, -0.1) is 5.10 Å². The summed E-state index contributed by atoms with van der Waals surface area (Å²) in [4.78, 5) is 15.1. The van der Waals surface area contributed by atoms with Gasteiger partial charge in [0, 0.05) is 23.7 Å². The summed E-state index contributed by atoms with van der Waals surface area (Å²) in [5, 5.41) is 11.2. The molecule has 1 amide bonds. The third-order valence-corrected chi connectivity index (χ3v) is 7.35. The number of amidine groups is 1. The Morgan fingerprint density at radius 3 is 2.42 bits per heavy atom. The molecule has 3 aromatic rings. The molecule has 1 saturated heterocycles. The van der Waals surface area contributed by atoms with Gasteiger partial charge in [-0.2, -0.15) is 13.9 Å². The molecule has 5 nitrogen and oxygen atoms in total. The van der Waals surface area contributed by atoms with Crippen molar-refractivity contribution < 1.29 is 13.6 Å². The first-order valence-electron chi connectivity index (χ1n) is 11.5. The highest BCUT2D eigenvalue weighted by atomic mass is 32.2. The fraction of sp³-hybridized carbons (Fsp3) is 0.222. The topological polar surface area (TPSA) is 57.1 Å². The van der Waals surface area contributed by atoms with Gasteiger partial charge in [0.25, 0.3) is 5.76 Å². The largest absolute Gasteiger partial charge is 0.367 e. The van der Waals surface area contributed by atoms with E-state index in [0.717, 1.165) is 29.9 Å². The molecule has 0 bridgehead atoms. The standard InChI is InChI=1S/C27H26F2N4OS2/c1-2-33(18-21-6-4-3-5-7-21)22-12-8-20(9-13-22)17-30-32-27-31-25(34)24(36-27)16-19-10-14-23(15-11-19)35-26(28)29/h3-15,17,24,26H,2,16,18H2,1H3,(H,31,32,34)/b30-17-/t24-/m1/s1. The average Bonchev–Trinajstić information content (AvgIpc) is 3.23. The average molecular weight is 525 g/mol. The maximum absolute atomic E-state index is 12.5. The molecule has 9 heteroatoms. The zero-order valence-corrected chi connectivity index (χ0v) is 21.3. The fourth-order valence-electron chi connectivity index (χ4n) is 3.72. The number of thioether (sulfide) groups is 2. The van der Waals surface area contributed by atoms with Gasteiger partial charge in [-0.1, -0.05) is 78.1 Å². The third kappa shape index (κ3) is 7.41. The Kier molecular flexibility index (Phi) is 9.13. The first-order valence-corrected chi connectivity index (χ1v) is 13.3. The van der Waals surface area contributed by atoms with Crippen LogP contribution in [0.25, 0.3) is 0 Å². The van der Waals surface area contributed by atoms with Gasteiger partial charge in [0.1, 0.15) is 0 Å². The summed E-state index contributed by atoms with van der Waals surface area (Å²) < 4.78 is 24.9. The number of carbonyl (C=O) groups excluding carboxylic acids is 1. The number of halogens is 2. The van der Waals surface area contributed by atoms with E-state index in [4.69, 9.17) is 0 Å². The Bertz CT molecular complexity index is 1200. The lowest BCUT2D eigenvalue weighted by Gasteiger charge is -2.23. The monoisotopic (exact) mass is 524 g/mol. The number of hydrogen-bond acceptors (Lipinski definition) is 6. The number of nitrogens with zero attached hydrogens (tertiary/aromatic N) is 3. The smallest absolute Gasteiger partial charge is 0.288 e. The molecule has 1 N–H and O–H groups in total. The van der Waals surface area contributed by atoms with Crippen LogP contribution >= 0.6 is 23.5 Å². The number of benzene rings is 3. The maximum Gasteiger partial charge on any atom is 0.288 e. The highest BCUT2D eigenvalue weighted by Crippen LogP contribution is 2.27. The normalized spacial score (nSPS) is 16.7. The maximum atomic E-state index is 12.5. The lowest BCUT2D eigenvalue weighted by atomic mass is 10.1. The van der Waals surface area contributed by atoms with Gasteiger partial charge in [0.2, 0.25) is 5.91 Å². The number of nitrogens with one attached hydrogen (secondary N) is 1. The molecule has 1 aliphatic heterocycles. The quantitative estimate of drug-likeness (QED) is 0.195. The summed E-state index contributed by atoms with van der Waals surface area (Å²) in [6.07, 6.45) is 2.14. The van der Waals surface area contributed by atoms with Gasteiger partial charge in [-0.25, -0.2) is 0 Å². The molecule has 0 aromatic heterocycles. The molecule has 0 saturated carbocycles. The van der Waals surface area contributed by atoms with Crippen LogP contribution in [0.2, 0.25) is 0 Å². The van der Waals surface area contributed by atoms with Gasteiger partial charge in [0.05, 0.1) is 11.5 Å². The molecule has 4 rings (SSSR count). The molecule has 0 spiro atoms. The van der Waals surface area contributed by atoms with Gasteiger partial charge in [0.15, 0.2) is 5.17 Å². The van der Waals surface area contributed by atoms with E-state index in [1.54, 1.807) is 30.5 Å². The van der Waals surface area contributed by atoms with E-state index >= 15 is 0 Å². The van der Waals surface area contributed by atoms with E-state index < -0.39 is 5.76 Å². The van der Waals surface area contributed by atoms with E-state index in [0.29, 0.717) is 28.2 Å². The highest BCUT2D eigenvalue weighted by molar-refractivity contribution is 8.15. The van der Waals surface area contributed by atoms with Crippen molar-refractivity contribution in [1.29, 1.82) is 0 Å². The van der Waals surface area contributed by atoms with Crippen LogP contribution in [0.1, 0.15) is 23.6 Å². The molecule has 186 valence electrons. The van der Waals surface area contributed by atoms with E-state index in [1.165, 1.54) is 17.3 Å². The van der Waals surface area contributed by atoms with Crippen LogP contribution in [-0.4, -0.2) is 34.8 Å². The minimum atomic E-state index is -2.45. The van der Waals surface area contributed by atoms with Crippen LogP contribution in [0.5, 0.6) is 0 Å². The Balaban J connectivity index is 1.31. The molecule has 1 heterocycles. The molecule has 1 atom stereocenters. The van der Waals surface area contributed by atoms with Crippen molar-refractivity contribution in [2.45, 2.75) is 35.8 Å². The summed E-state index contributed by atoms with van der Waals surface area (Å²) in [5.74, 6) is -2.59. The molecular weight excluding hydrogens is 498 g/mol. The van der Waals surface area contributed by atoms with Crippen molar-refractivity contribution in [3.63, 3.8) is 0 Å². The van der Waals surface area contributed by atoms with Crippen LogP contribution in [-0.2, 0) is 17.8 Å². The van der Waals surface area contributed by atoms with Gasteiger partial charge in [-0.05, 0) is 54.3 Å². The molecular formula is C27H26F2N4OS2. The van der Waals surface area contributed by atoms with E-state index in [9.17, 15) is 13.6 Å². The minimum Gasteiger partial charge on any atom is -0.367 e. The summed E-state index contributed by atoms with van der Waals surface area (Å²) in [5.41, 5.74) is 4.20. The van der Waals surface area contributed by atoms with Crippen molar-refractivity contribution in [3.05, 3.63) is 95.6 Å². The van der Waals surface area contributed by atoms with Crippen molar-refractivity contribution in [2.75, 3.05) is 11.4 Å². The summed E-state index contributed by atoms with van der Waals surface area (Å²) in [6.45, 7) is 3.87. The molecule has 3 aromatic carbocycles. The predicted octanol–water partition coefficient (Wildman–Crippen LogP) is 6.19. The molecule has 0 unspecified atom stereocenters. The van der Waals surface area contributed by atoms with Crippen molar-refractivity contribution in [3.8, 4) is 0 Å². The van der Waals surface area contributed by atoms with Crippen LogP contribution in [0, 0.1) is 0 Å². The lowest BCUT2D eigenvalue weighted by Crippen LogP contribution is -2.25. The molecule has 1 fully saturated rings. The Labute approximate surface area is 218 Å². The van der Waals surface area contributed by atoms with Crippen LogP contribution in [0.3, 0.4) is 0 Å². The second-order valence-corrected chi connectivity index (χ2v) is 10.3. The number of amides is 1. The highest BCUT2D eigenvalue weighted by Gasteiger charge is 2.30. The number of anilines is 1. The number of rotatable bonds is 10. The number of carbonyl (C=O) groups is 1. The lowest BCUT2D eigenvalue weighted by molar-refractivity contribution is -0.118. The number of alkyl halides is 2. The summed E-state index contributed by atoms with van der Waals surface area (Å²) in [7, 11) is 0. The zero-order chi connectivity index (χ0) is 25.3. The first-order chi connectivity index (χ1) is 17.5. The number of hydrogen-bond donors (Lipinski definition) is 1. The molecule has 0 aliphatic carbocycles. The van der Waals surface area contributed by atoms with Gasteiger partial charge >= 0.3 is 0 Å². The zero-order valence-electron chi connectivity index (χ0n) is 19.7. The van der Waals surface area contributed by atoms with E-state index in [1.807, 2.05) is 30.3 Å². The second-order valence-electron chi connectivity index (χ2n) is 8.06. The molecule has 1 aliphatic rings. The van der Waals surface area contributed by atoms with Crippen molar-refractivity contribution >= 4 is 46.5 Å². The fourth-order valence-corrected chi connectivity index (χ4v) is 5.18. The summed E-state index contributed by atoms with van der Waals surface area (Å²) >= 11 is 1.82. The van der Waals surface area contributed by atoms with Crippen LogP contribution < -0.4 is 10.2 Å².